The SMILES string of the molecule is CCCCc1c(C(=O)NCc2cncn2C)cnn1-c1ncc(C)c(OCC)n1. The molecular formula is C20H27N7O2. The number of aryl methyl sites for hydroxylation is 2. The van der Waals surface area contributed by atoms with Crippen LogP contribution in [0.3, 0.4) is 0 Å². The molecule has 0 aliphatic rings. The lowest BCUT2D eigenvalue weighted by atomic mass is 10.1. The fourth-order valence-electron chi connectivity index (χ4n) is 2.94. The summed E-state index contributed by atoms with van der Waals surface area (Å²) >= 11 is 0. The Labute approximate surface area is 170 Å². The molecule has 154 valence electrons. The minimum atomic E-state index is -0.180. The Hall–Kier alpha value is -3.23. The largest absolute Gasteiger partial charge is 0.478 e. The molecule has 0 aliphatic heterocycles. The van der Waals surface area contributed by atoms with E-state index in [1.807, 2.05) is 25.5 Å². The van der Waals surface area contributed by atoms with Crippen LogP contribution >= 0.6 is 0 Å². The van der Waals surface area contributed by atoms with E-state index in [9.17, 15) is 4.79 Å². The predicted molar refractivity (Wildman–Crippen MR) is 108 cm³/mol. The van der Waals surface area contributed by atoms with Gasteiger partial charge in [0.1, 0.15) is 0 Å². The number of ether oxygens (including phenoxy) is 1. The maximum Gasteiger partial charge on any atom is 0.255 e. The lowest BCUT2D eigenvalue weighted by Gasteiger charge is -2.11. The monoisotopic (exact) mass is 397 g/mol. The lowest BCUT2D eigenvalue weighted by molar-refractivity contribution is 0.0949. The van der Waals surface area contributed by atoms with E-state index >= 15 is 0 Å². The summed E-state index contributed by atoms with van der Waals surface area (Å²) in [6.07, 6.45) is 9.35. The molecule has 0 fully saturated rings. The van der Waals surface area contributed by atoms with Crippen LogP contribution in [-0.4, -0.2) is 41.8 Å². The van der Waals surface area contributed by atoms with Crippen LogP contribution in [0.15, 0.2) is 24.9 Å². The van der Waals surface area contributed by atoms with E-state index in [-0.39, 0.29) is 5.91 Å². The standard InChI is InChI=1S/C20H27N7O2/c1-5-7-8-17-16(18(28)22-11-15-10-21-13-26(15)4)12-24-27(17)20-23-9-14(3)19(25-20)29-6-2/h9-10,12-13H,5-8,11H2,1-4H3,(H,22,28). The van der Waals surface area contributed by atoms with E-state index in [0.29, 0.717) is 37.0 Å². The van der Waals surface area contributed by atoms with E-state index < -0.39 is 0 Å². The molecule has 9 nitrogen and oxygen atoms in total. The molecule has 1 N–H and O–H groups in total. The predicted octanol–water partition coefficient (Wildman–Crippen LogP) is 2.38. The minimum absolute atomic E-state index is 0.180. The van der Waals surface area contributed by atoms with Crippen LogP contribution in [0.4, 0.5) is 0 Å². The van der Waals surface area contributed by atoms with Crippen LogP contribution in [0.1, 0.15) is 54.0 Å². The van der Waals surface area contributed by atoms with Gasteiger partial charge in [-0.1, -0.05) is 13.3 Å². The number of nitrogens with one attached hydrogen (secondary N) is 1. The van der Waals surface area contributed by atoms with Crippen molar-refractivity contribution in [2.24, 2.45) is 7.05 Å². The number of hydrogen-bond acceptors (Lipinski definition) is 6. The Morgan fingerprint density at radius 1 is 1.24 bits per heavy atom. The van der Waals surface area contributed by atoms with E-state index in [1.165, 1.54) is 0 Å². The fraction of sp³-hybridized carbons (Fsp3) is 0.450. The highest BCUT2D eigenvalue weighted by molar-refractivity contribution is 5.95. The van der Waals surface area contributed by atoms with Gasteiger partial charge in [-0.2, -0.15) is 10.1 Å². The van der Waals surface area contributed by atoms with E-state index in [4.69, 9.17) is 4.74 Å². The van der Waals surface area contributed by atoms with Crippen molar-refractivity contribution in [3.8, 4) is 11.8 Å². The second-order valence-corrected chi connectivity index (χ2v) is 6.79. The average molecular weight is 397 g/mol. The molecule has 3 heterocycles. The molecule has 3 aromatic rings. The molecule has 0 saturated carbocycles. The van der Waals surface area contributed by atoms with Crippen molar-refractivity contribution in [2.75, 3.05) is 6.61 Å². The van der Waals surface area contributed by atoms with Crippen molar-refractivity contribution < 1.29 is 9.53 Å². The van der Waals surface area contributed by atoms with Crippen molar-refractivity contribution >= 4 is 5.91 Å². The van der Waals surface area contributed by atoms with E-state index in [1.54, 1.807) is 29.6 Å². The lowest BCUT2D eigenvalue weighted by Crippen LogP contribution is -2.25. The van der Waals surface area contributed by atoms with Crippen molar-refractivity contribution in [3.05, 3.63) is 47.4 Å². The minimum Gasteiger partial charge on any atom is -0.478 e. The number of amides is 1. The number of imidazole rings is 1. The molecule has 0 radical (unpaired) electrons. The zero-order valence-electron chi connectivity index (χ0n) is 17.3. The second-order valence-electron chi connectivity index (χ2n) is 6.79. The first-order valence-electron chi connectivity index (χ1n) is 9.82. The molecule has 9 heteroatoms. The van der Waals surface area contributed by atoms with E-state index in [0.717, 1.165) is 29.8 Å². The fourth-order valence-corrected chi connectivity index (χ4v) is 2.94. The maximum atomic E-state index is 12.8. The first-order valence-corrected chi connectivity index (χ1v) is 9.82. The Balaban J connectivity index is 1.89. The summed E-state index contributed by atoms with van der Waals surface area (Å²) in [5.41, 5.74) is 3.10. The Morgan fingerprint density at radius 2 is 2.07 bits per heavy atom. The Bertz CT molecular complexity index is 977. The smallest absolute Gasteiger partial charge is 0.255 e. The quantitative estimate of drug-likeness (QED) is 0.595. The molecule has 0 aromatic carbocycles. The van der Waals surface area contributed by atoms with Gasteiger partial charge in [-0.15, -0.1) is 0 Å². The van der Waals surface area contributed by atoms with Gasteiger partial charge in [-0.25, -0.2) is 14.6 Å². The van der Waals surface area contributed by atoms with Crippen LogP contribution in [0, 0.1) is 6.92 Å². The summed E-state index contributed by atoms with van der Waals surface area (Å²) < 4.78 is 9.09. The highest BCUT2D eigenvalue weighted by Crippen LogP contribution is 2.19. The van der Waals surface area contributed by atoms with Gasteiger partial charge in [0.15, 0.2) is 0 Å². The van der Waals surface area contributed by atoms with Crippen LogP contribution in [0.25, 0.3) is 5.95 Å². The van der Waals surface area contributed by atoms with Gasteiger partial charge in [0.2, 0.25) is 5.88 Å². The van der Waals surface area contributed by atoms with Crippen molar-refractivity contribution in [1.82, 2.24) is 34.6 Å². The number of hydrogen-bond donors (Lipinski definition) is 1. The first-order chi connectivity index (χ1) is 14.0. The molecule has 3 aromatic heterocycles. The molecule has 0 unspecified atom stereocenters. The molecule has 3 rings (SSSR count). The van der Waals surface area contributed by atoms with Gasteiger partial charge >= 0.3 is 0 Å². The average Bonchev–Trinajstić information content (AvgIpc) is 3.32. The number of carbonyl (C=O) groups is 1. The molecule has 0 aliphatic carbocycles. The highest BCUT2D eigenvalue weighted by atomic mass is 16.5. The molecule has 29 heavy (non-hydrogen) atoms. The van der Waals surface area contributed by atoms with Gasteiger partial charge < -0.3 is 14.6 Å². The Kier molecular flexibility index (Phi) is 6.58. The summed E-state index contributed by atoms with van der Waals surface area (Å²) in [5, 5.41) is 7.36. The van der Waals surface area contributed by atoms with Gasteiger partial charge in [0.05, 0.1) is 42.6 Å². The summed E-state index contributed by atoms with van der Waals surface area (Å²) in [5.74, 6) is 0.744. The normalized spacial score (nSPS) is 10.9. The molecule has 0 spiro atoms. The summed E-state index contributed by atoms with van der Waals surface area (Å²) in [7, 11) is 1.89. The molecule has 1 amide bonds. The van der Waals surface area contributed by atoms with Crippen LogP contribution in [0.5, 0.6) is 5.88 Å². The summed E-state index contributed by atoms with van der Waals surface area (Å²) in [6.45, 7) is 6.82. The number of aromatic nitrogens is 6. The van der Waals surface area contributed by atoms with Gasteiger partial charge in [0, 0.05) is 25.0 Å². The third-order valence-electron chi connectivity index (χ3n) is 4.61. The highest BCUT2D eigenvalue weighted by Gasteiger charge is 2.20. The van der Waals surface area contributed by atoms with E-state index in [2.05, 4.69) is 32.3 Å². The summed E-state index contributed by atoms with van der Waals surface area (Å²) in [6, 6.07) is 0. The molecular weight excluding hydrogens is 370 g/mol. The molecule has 0 atom stereocenters. The third kappa shape index (κ3) is 4.61. The Morgan fingerprint density at radius 3 is 2.76 bits per heavy atom. The number of rotatable bonds is 9. The van der Waals surface area contributed by atoms with Crippen LogP contribution in [0.2, 0.25) is 0 Å². The van der Waals surface area contributed by atoms with Gasteiger partial charge in [-0.3, -0.25) is 4.79 Å². The van der Waals surface area contributed by atoms with Crippen molar-refractivity contribution in [3.63, 3.8) is 0 Å². The number of carbonyl (C=O) groups excluding carboxylic acids is 1. The van der Waals surface area contributed by atoms with Crippen molar-refractivity contribution in [1.29, 1.82) is 0 Å². The van der Waals surface area contributed by atoms with Crippen LogP contribution < -0.4 is 10.1 Å². The van der Waals surface area contributed by atoms with Crippen LogP contribution in [-0.2, 0) is 20.0 Å². The second kappa shape index (κ2) is 9.31. The van der Waals surface area contributed by atoms with Gasteiger partial charge in [-0.05, 0) is 26.7 Å². The van der Waals surface area contributed by atoms with Crippen molar-refractivity contribution in [2.45, 2.75) is 46.6 Å². The number of nitrogens with zero attached hydrogens (tertiary/aromatic N) is 6. The third-order valence-corrected chi connectivity index (χ3v) is 4.61. The topological polar surface area (TPSA) is 99.8 Å². The first kappa shape index (κ1) is 20.5. The molecule has 0 saturated heterocycles. The summed E-state index contributed by atoms with van der Waals surface area (Å²) in [4.78, 5) is 25.8. The zero-order chi connectivity index (χ0) is 20.8. The van der Waals surface area contributed by atoms with Gasteiger partial charge in [0.25, 0.3) is 11.9 Å². The zero-order valence-corrected chi connectivity index (χ0v) is 17.3. The number of unbranched alkanes of at least 4 members (excludes halogenated alkanes) is 1. The maximum absolute atomic E-state index is 12.8. The molecule has 0 bridgehead atoms.